The zero-order chi connectivity index (χ0) is 8.18. The van der Waals surface area contributed by atoms with Gasteiger partial charge in [-0.2, -0.15) is 0 Å². The molecule has 12 heavy (non-hydrogen) atoms. The molecular formula is C9H17N3. The van der Waals surface area contributed by atoms with Crippen LogP contribution >= 0.6 is 0 Å². The van der Waals surface area contributed by atoms with Gasteiger partial charge in [0.15, 0.2) is 0 Å². The minimum absolute atomic E-state index is 0.475. The summed E-state index contributed by atoms with van der Waals surface area (Å²) in [4.78, 5) is 2.66. The van der Waals surface area contributed by atoms with Crippen LogP contribution in [0.3, 0.4) is 0 Å². The van der Waals surface area contributed by atoms with Crippen molar-refractivity contribution in [3.8, 4) is 0 Å². The fourth-order valence-corrected chi connectivity index (χ4v) is 2.73. The number of nitrogens with two attached hydrogens (primary N) is 1. The first-order chi connectivity index (χ1) is 5.81. The molecule has 3 rings (SSSR count). The van der Waals surface area contributed by atoms with Crippen LogP contribution in [0.25, 0.3) is 0 Å². The normalized spacial score (nSPS) is 48.2. The van der Waals surface area contributed by atoms with Gasteiger partial charge in [-0.3, -0.25) is 4.90 Å². The molecule has 2 heterocycles. The molecule has 0 aromatic heterocycles. The van der Waals surface area contributed by atoms with Crippen molar-refractivity contribution in [2.45, 2.75) is 36.9 Å². The Bertz CT molecular complexity index is 194. The second-order valence-corrected chi connectivity index (χ2v) is 4.57. The van der Waals surface area contributed by atoms with Crippen LogP contribution in [0.2, 0.25) is 0 Å². The zero-order valence-corrected chi connectivity index (χ0v) is 7.42. The Morgan fingerprint density at radius 2 is 2.08 bits per heavy atom. The topological polar surface area (TPSA) is 41.3 Å². The van der Waals surface area contributed by atoms with Gasteiger partial charge in [0.25, 0.3) is 0 Å². The van der Waals surface area contributed by atoms with Gasteiger partial charge < -0.3 is 11.1 Å². The summed E-state index contributed by atoms with van der Waals surface area (Å²) in [6.07, 6.45) is 3.80. The molecule has 3 heteroatoms. The average Bonchev–Trinajstić information content (AvgIpc) is 2.57. The first kappa shape index (κ1) is 7.30. The number of hydrogen-bond acceptors (Lipinski definition) is 3. The quantitative estimate of drug-likeness (QED) is 0.554. The second-order valence-electron chi connectivity index (χ2n) is 4.57. The summed E-state index contributed by atoms with van der Waals surface area (Å²) >= 11 is 0. The van der Waals surface area contributed by atoms with Crippen LogP contribution in [-0.4, -0.2) is 42.2 Å². The van der Waals surface area contributed by atoms with E-state index < -0.39 is 0 Å². The highest BCUT2D eigenvalue weighted by atomic mass is 15.4. The van der Waals surface area contributed by atoms with Crippen molar-refractivity contribution in [2.24, 2.45) is 5.73 Å². The van der Waals surface area contributed by atoms with Crippen molar-refractivity contribution in [3.05, 3.63) is 0 Å². The molecule has 3 nitrogen and oxygen atoms in total. The lowest BCUT2D eigenvalue weighted by atomic mass is 10.0. The SMILES string of the molecule is NC1CCN(C23CNC2C3)CC1. The van der Waals surface area contributed by atoms with E-state index in [1.165, 1.54) is 38.9 Å². The van der Waals surface area contributed by atoms with Gasteiger partial charge in [-0.1, -0.05) is 0 Å². The molecule has 0 spiro atoms. The molecule has 2 saturated heterocycles. The zero-order valence-electron chi connectivity index (χ0n) is 7.42. The molecule has 0 aromatic rings. The van der Waals surface area contributed by atoms with Gasteiger partial charge in [0, 0.05) is 31.7 Å². The lowest BCUT2D eigenvalue weighted by molar-refractivity contribution is 0.0976. The lowest BCUT2D eigenvalue weighted by Crippen LogP contribution is -2.60. The fourth-order valence-electron chi connectivity index (χ4n) is 2.73. The number of nitrogens with zero attached hydrogens (tertiary/aromatic N) is 1. The Hall–Kier alpha value is -0.120. The highest BCUT2D eigenvalue weighted by molar-refractivity contribution is 5.26. The number of piperidine rings is 1. The van der Waals surface area contributed by atoms with E-state index in [1.54, 1.807) is 0 Å². The van der Waals surface area contributed by atoms with E-state index in [2.05, 4.69) is 10.2 Å². The third-order valence-electron chi connectivity index (χ3n) is 3.87. The summed E-state index contributed by atoms with van der Waals surface area (Å²) in [6, 6.07) is 1.31. The summed E-state index contributed by atoms with van der Waals surface area (Å²) in [7, 11) is 0. The molecule has 3 N–H and O–H groups in total. The van der Waals surface area contributed by atoms with Crippen LogP contribution in [0.5, 0.6) is 0 Å². The van der Waals surface area contributed by atoms with E-state index >= 15 is 0 Å². The minimum Gasteiger partial charge on any atom is -0.328 e. The predicted octanol–water partition coefficient (Wildman–Crippen LogP) is -0.476. The van der Waals surface area contributed by atoms with Crippen molar-refractivity contribution in [3.63, 3.8) is 0 Å². The average molecular weight is 167 g/mol. The molecule has 0 aromatic carbocycles. The molecule has 68 valence electrons. The fraction of sp³-hybridized carbons (Fsp3) is 1.00. The Labute approximate surface area is 73.3 Å². The van der Waals surface area contributed by atoms with E-state index in [0.29, 0.717) is 11.6 Å². The minimum atomic E-state index is 0.475. The largest absolute Gasteiger partial charge is 0.328 e. The molecule has 0 radical (unpaired) electrons. The van der Waals surface area contributed by atoms with Crippen molar-refractivity contribution in [1.82, 2.24) is 10.2 Å². The van der Waals surface area contributed by atoms with Gasteiger partial charge >= 0.3 is 0 Å². The van der Waals surface area contributed by atoms with Crippen LogP contribution in [-0.2, 0) is 0 Å². The maximum absolute atomic E-state index is 5.87. The Morgan fingerprint density at radius 3 is 2.50 bits per heavy atom. The molecule has 1 aliphatic carbocycles. The number of likely N-dealkylation sites (tertiary alicyclic amines) is 1. The van der Waals surface area contributed by atoms with E-state index in [1.807, 2.05) is 0 Å². The van der Waals surface area contributed by atoms with Crippen molar-refractivity contribution in [1.29, 1.82) is 0 Å². The van der Waals surface area contributed by atoms with Gasteiger partial charge in [0.05, 0.1) is 5.54 Å². The van der Waals surface area contributed by atoms with Gasteiger partial charge in [0.2, 0.25) is 0 Å². The van der Waals surface area contributed by atoms with Crippen molar-refractivity contribution in [2.75, 3.05) is 19.6 Å². The molecule has 2 aliphatic heterocycles. The number of rotatable bonds is 1. The van der Waals surface area contributed by atoms with Gasteiger partial charge in [-0.05, 0) is 19.3 Å². The molecule has 3 fully saturated rings. The molecule has 2 unspecified atom stereocenters. The third kappa shape index (κ3) is 0.817. The number of nitrogens with one attached hydrogen (secondary N) is 1. The predicted molar refractivity (Wildman–Crippen MR) is 47.9 cm³/mol. The first-order valence-corrected chi connectivity index (χ1v) is 5.05. The summed E-state index contributed by atoms with van der Waals surface area (Å²) in [5.74, 6) is 0. The molecule has 1 saturated carbocycles. The van der Waals surface area contributed by atoms with Crippen molar-refractivity contribution >= 4 is 0 Å². The highest BCUT2D eigenvalue weighted by Gasteiger charge is 2.64. The summed E-state index contributed by atoms with van der Waals surface area (Å²) in [5.41, 5.74) is 6.48. The number of fused-ring (bicyclic) bond motifs is 1. The Balaban J connectivity index is 1.64. The molecule has 0 amide bonds. The van der Waals surface area contributed by atoms with E-state index in [4.69, 9.17) is 5.73 Å². The lowest BCUT2D eigenvalue weighted by Gasteiger charge is -2.42. The van der Waals surface area contributed by atoms with Crippen LogP contribution in [0.1, 0.15) is 19.3 Å². The van der Waals surface area contributed by atoms with Crippen LogP contribution in [0.15, 0.2) is 0 Å². The Kier molecular flexibility index (Phi) is 1.35. The third-order valence-corrected chi connectivity index (χ3v) is 3.87. The van der Waals surface area contributed by atoms with Gasteiger partial charge in [-0.25, -0.2) is 0 Å². The molecule has 2 atom stereocenters. The van der Waals surface area contributed by atoms with Crippen LogP contribution in [0.4, 0.5) is 0 Å². The van der Waals surface area contributed by atoms with Crippen LogP contribution < -0.4 is 11.1 Å². The molecular weight excluding hydrogens is 150 g/mol. The maximum Gasteiger partial charge on any atom is 0.0502 e. The van der Waals surface area contributed by atoms with Crippen LogP contribution in [0, 0.1) is 0 Å². The number of hydrogen-bond donors (Lipinski definition) is 2. The smallest absolute Gasteiger partial charge is 0.0502 e. The standard InChI is InChI=1S/C9H17N3/c10-7-1-3-12(4-2-7)9-5-8(9)11-6-9/h7-8,11H,1-6,10H2. The van der Waals surface area contributed by atoms with Crippen molar-refractivity contribution < 1.29 is 0 Å². The first-order valence-electron chi connectivity index (χ1n) is 5.05. The monoisotopic (exact) mass is 167 g/mol. The second kappa shape index (κ2) is 2.22. The summed E-state index contributed by atoms with van der Waals surface area (Å²) < 4.78 is 0. The molecule has 3 aliphatic rings. The maximum atomic E-state index is 5.87. The highest BCUT2D eigenvalue weighted by Crippen LogP contribution is 2.48. The van der Waals surface area contributed by atoms with E-state index in [0.717, 1.165) is 6.04 Å². The van der Waals surface area contributed by atoms with Gasteiger partial charge in [0.1, 0.15) is 0 Å². The van der Waals surface area contributed by atoms with E-state index in [-0.39, 0.29) is 0 Å². The summed E-state index contributed by atoms with van der Waals surface area (Å²) in [5, 5.41) is 3.46. The Morgan fingerprint density at radius 1 is 1.33 bits per heavy atom. The van der Waals surface area contributed by atoms with E-state index in [9.17, 15) is 0 Å². The molecule has 0 bridgehead atoms. The van der Waals surface area contributed by atoms with Gasteiger partial charge in [-0.15, -0.1) is 0 Å². The summed E-state index contributed by atoms with van der Waals surface area (Å²) in [6.45, 7) is 3.70.